The average molecular weight is 914 g/mol. The van der Waals surface area contributed by atoms with E-state index < -0.39 is 101 Å². The molecule has 3 N–H and O–H groups in total. The second kappa shape index (κ2) is 17.5. The van der Waals surface area contributed by atoms with E-state index >= 15 is 0 Å². The highest BCUT2D eigenvalue weighted by atomic mass is 16.8. The minimum Gasteiger partial charge on any atom is -0.462 e. The smallest absolute Gasteiger partial charge is 0.348 e. The summed E-state index contributed by atoms with van der Waals surface area (Å²) in [4.78, 5) is 86.4. The molecule has 7 aliphatic rings. The maximum Gasteiger partial charge on any atom is 0.348 e. The maximum atomic E-state index is 15.0. The number of carbonyl (C=O) groups excluding carboxylic acids is 6. The topological polar surface area (TPSA) is 215 Å². The number of ether oxygens (including phenoxy) is 6. The monoisotopic (exact) mass is 913 g/mol. The highest BCUT2D eigenvalue weighted by Gasteiger charge is 2.78. The van der Waals surface area contributed by atoms with E-state index in [1.54, 1.807) is 77.1 Å². The Morgan fingerprint density at radius 2 is 1.67 bits per heavy atom. The van der Waals surface area contributed by atoms with Gasteiger partial charge in [-0.3, -0.25) is 24.0 Å². The highest BCUT2D eigenvalue weighted by Crippen LogP contribution is 2.64. The lowest BCUT2D eigenvalue weighted by atomic mass is 9.62. The molecule has 3 aliphatic carbocycles. The summed E-state index contributed by atoms with van der Waals surface area (Å²) in [6.07, 6.45) is 3.10. The molecule has 354 valence electrons. The molecule has 8 atom stereocenters. The molecular weight excluding hydrogens is 855 g/mol. The average Bonchev–Trinajstić information content (AvgIpc) is 4.22. The number of cyclic esters (lactones) is 1. The zero-order chi connectivity index (χ0) is 46.8. The Bertz CT molecular complexity index is 2270. The van der Waals surface area contributed by atoms with Gasteiger partial charge in [0.05, 0.1) is 19.2 Å². The molecule has 4 heterocycles. The predicted octanol–water partition coefficient (Wildman–Crippen LogP) is 3.82. The molecule has 4 saturated heterocycles. The quantitative estimate of drug-likeness (QED) is 0.124. The molecule has 0 spiro atoms. The Labute approximate surface area is 383 Å². The number of amides is 2. The van der Waals surface area contributed by atoms with Crippen molar-refractivity contribution in [3.05, 3.63) is 76.9 Å². The number of aliphatic hydroxyl groups excluding tert-OH is 1. The van der Waals surface area contributed by atoms with Gasteiger partial charge in [-0.15, -0.1) is 0 Å². The van der Waals surface area contributed by atoms with Crippen LogP contribution in [0.5, 0.6) is 0 Å². The molecule has 17 heteroatoms. The predicted molar refractivity (Wildman–Crippen MR) is 231 cm³/mol. The van der Waals surface area contributed by atoms with E-state index in [0.29, 0.717) is 16.7 Å². The van der Waals surface area contributed by atoms with Crippen LogP contribution in [0.2, 0.25) is 0 Å². The first-order chi connectivity index (χ1) is 31.4. The minimum atomic E-state index is -1.42. The van der Waals surface area contributed by atoms with Crippen LogP contribution < -0.4 is 10.6 Å². The van der Waals surface area contributed by atoms with Crippen LogP contribution in [0.3, 0.4) is 0 Å². The van der Waals surface area contributed by atoms with Crippen LogP contribution in [-0.4, -0.2) is 113 Å². The van der Waals surface area contributed by atoms with E-state index in [-0.39, 0.29) is 57.4 Å². The number of nitrogens with one attached hydrogen (secondary N) is 2. The van der Waals surface area contributed by atoms with E-state index in [4.69, 9.17) is 33.3 Å². The number of esters is 4. The van der Waals surface area contributed by atoms with Crippen LogP contribution in [0.15, 0.2) is 54.6 Å². The van der Waals surface area contributed by atoms with Crippen LogP contribution in [0.4, 0.5) is 0 Å². The third-order valence-electron chi connectivity index (χ3n) is 13.7. The van der Waals surface area contributed by atoms with Crippen molar-refractivity contribution in [1.29, 1.82) is 0 Å². The number of rotatable bonds is 16. The number of carbonyl (C=O) groups is 6. The molecule has 3 saturated carbocycles. The van der Waals surface area contributed by atoms with E-state index in [0.717, 1.165) is 31.2 Å². The third-order valence-corrected chi connectivity index (χ3v) is 13.7. The van der Waals surface area contributed by atoms with Crippen molar-refractivity contribution in [2.45, 2.75) is 147 Å². The molecular formula is C49H59N3O14. The van der Waals surface area contributed by atoms with Crippen molar-refractivity contribution < 1.29 is 67.1 Å². The van der Waals surface area contributed by atoms with Gasteiger partial charge in [0.1, 0.15) is 42.0 Å². The molecule has 0 radical (unpaired) electrons. The Morgan fingerprint density at radius 3 is 2.32 bits per heavy atom. The normalized spacial score (nSPS) is 30.0. The Balaban J connectivity index is 0.910. The van der Waals surface area contributed by atoms with Gasteiger partial charge in [-0.05, 0) is 87.8 Å². The Kier molecular flexibility index (Phi) is 12.2. The number of benzene rings is 2. The largest absolute Gasteiger partial charge is 0.462 e. The number of hydrogen-bond donors (Lipinski definition) is 3. The van der Waals surface area contributed by atoms with Crippen LogP contribution >= 0.6 is 0 Å². The molecule has 7 fully saturated rings. The van der Waals surface area contributed by atoms with Crippen molar-refractivity contribution in [3.8, 4) is 0 Å². The van der Waals surface area contributed by atoms with Gasteiger partial charge in [-0.1, -0.05) is 50.2 Å². The molecule has 2 aromatic carbocycles. The second-order valence-electron chi connectivity index (χ2n) is 20.5. The van der Waals surface area contributed by atoms with Gasteiger partial charge in [0.25, 0.3) is 5.91 Å². The summed E-state index contributed by atoms with van der Waals surface area (Å²) >= 11 is 0. The summed E-state index contributed by atoms with van der Waals surface area (Å²) in [6.45, 7) is 8.80. The maximum absolute atomic E-state index is 15.0. The Hall–Kier alpha value is -5.20. The van der Waals surface area contributed by atoms with Gasteiger partial charge < -0.3 is 44.2 Å². The van der Waals surface area contributed by atoms with Gasteiger partial charge in [0, 0.05) is 48.3 Å². The fourth-order valence-electron chi connectivity index (χ4n) is 10.2. The van der Waals surface area contributed by atoms with E-state index in [2.05, 4.69) is 10.6 Å². The molecule has 2 aromatic rings. The number of aliphatic hydroxyl groups is 1. The summed E-state index contributed by atoms with van der Waals surface area (Å²) in [7, 11) is 0. The minimum absolute atomic E-state index is 0.0139. The second-order valence-corrected chi connectivity index (χ2v) is 20.5. The van der Waals surface area contributed by atoms with E-state index in [1.165, 1.54) is 11.1 Å². The van der Waals surface area contributed by atoms with Crippen LogP contribution in [0, 0.1) is 22.7 Å². The van der Waals surface area contributed by atoms with Crippen molar-refractivity contribution in [1.82, 2.24) is 15.7 Å². The van der Waals surface area contributed by atoms with Crippen molar-refractivity contribution in [2.75, 3.05) is 13.2 Å². The zero-order valence-corrected chi connectivity index (χ0v) is 37.9. The highest BCUT2D eigenvalue weighted by molar-refractivity contribution is 5.95. The van der Waals surface area contributed by atoms with E-state index in [1.807, 2.05) is 12.1 Å². The van der Waals surface area contributed by atoms with E-state index in [9.17, 15) is 33.9 Å². The summed E-state index contributed by atoms with van der Waals surface area (Å²) in [5.74, 6) is -3.55. The van der Waals surface area contributed by atoms with Crippen molar-refractivity contribution in [2.24, 2.45) is 22.7 Å². The SMILES string of the molecule is CC(C)(C)OC(=O)CC[C@@H](CO)NC(=O)c1cccc(CNC(=O)[C@@]23C[C@H]4OC(=O)[C@@H]2N(Cc2ccc(C=CC(=O)O[C@H]5C(=O)OCC5(C)C)cc2)O[C@@H]3[C@H]2OC(C3CC3)(C3CC3)O[C@H]24)c1. The molecule has 9 rings (SSSR count). The number of hydrogen-bond acceptors (Lipinski definition) is 15. The van der Waals surface area contributed by atoms with Gasteiger partial charge in [-0.25, -0.2) is 9.59 Å². The molecule has 0 aromatic heterocycles. The third kappa shape index (κ3) is 8.99. The summed E-state index contributed by atoms with van der Waals surface area (Å²) in [6, 6.07) is 12.1. The fourth-order valence-corrected chi connectivity index (χ4v) is 10.2. The molecule has 2 amide bonds. The first-order valence-corrected chi connectivity index (χ1v) is 23.0. The molecule has 66 heavy (non-hydrogen) atoms. The molecule has 0 unspecified atom stereocenters. The lowest BCUT2D eigenvalue weighted by molar-refractivity contribution is -0.235. The Morgan fingerprint density at radius 1 is 0.955 bits per heavy atom. The lowest BCUT2D eigenvalue weighted by Gasteiger charge is -2.48. The number of nitrogens with zero attached hydrogens (tertiary/aromatic N) is 1. The standard InChI is InChI=1S/C49H59N3O14/c1-46(2,3)63-36(55)20-18-33(25-53)51-42(56)30-8-6-7-29(21-30)23-50-45(59)48-22-34-37-38(65-49(64-37,31-14-15-31)32-16-17-32)40(48)66-52(39(48)43(57)61-34)24-28-11-9-27(10-12-28)13-19-35(54)62-41-44(58)60-26-47(41,4)5/h6-13,19,21,31-34,37-41,53H,14-18,20,22-26H2,1-5H3,(H,50,59)(H,51,56)/t33-,34+,37-,38-,39-,40+,41-,48-/m0/s1. The molecule has 2 bridgehead atoms. The van der Waals surface area contributed by atoms with Crippen molar-refractivity contribution in [3.63, 3.8) is 0 Å². The van der Waals surface area contributed by atoms with Gasteiger partial charge in [0.15, 0.2) is 11.8 Å². The lowest BCUT2D eigenvalue weighted by Crippen LogP contribution is -2.69. The summed E-state index contributed by atoms with van der Waals surface area (Å²) < 4.78 is 35.8. The van der Waals surface area contributed by atoms with Gasteiger partial charge >= 0.3 is 23.9 Å². The van der Waals surface area contributed by atoms with Gasteiger partial charge in [-0.2, -0.15) is 5.06 Å². The van der Waals surface area contributed by atoms with Crippen molar-refractivity contribution >= 4 is 41.8 Å². The summed E-state index contributed by atoms with van der Waals surface area (Å²) in [5.41, 5.74) is -0.371. The van der Waals surface area contributed by atoms with Crippen LogP contribution in [0.1, 0.15) is 107 Å². The van der Waals surface area contributed by atoms with Gasteiger partial charge in [0.2, 0.25) is 12.0 Å². The molecule has 17 nitrogen and oxygen atoms in total. The number of hydroxylamine groups is 2. The zero-order valence-electron chi connectivity index (χ0n) is 37.9. The fraction of sp³-hybridized carbons (Fsp3) is 0.592. The number of fused-ring (bicyclic) bond motifs is 4. The summed E-state index contributed by atoms with van der Waals surface area (Å²) in [5, 5.41) is 17.4. The molecule has 4 aliphatic heterocycles. The van der Waals surface area contributed by atoms with Crippen LogP contribution in [-0.2, 0) is 70.3 Å². The van der Waals surface area contributed by atoms with Crippen LogP contribution in [0.25, 0.3) is 6.08 Å². The first kappa shape index (κ1) is 45.9. The first-order valence-electron chi connectivity index (χ1n) is 23.0.